The molecule has 7 nitrogen and oxygen atoms in total. The Morgan fingerprint density at radius 1 is 1.03 bits per heavy atom. The molecule has 2 aromatic carbocycles. The molecule has 0 atom stereocenters. The van der Waals surface area contributed by atoms with E-state index in [0.717, 1.165) is 5.70 Å². The number of primary amides is 1. The zero-order valence-corrected chi connectivity index (χ0v) is 18.7. The van der Waals surface area contributed by atoms with Crippen molar-refractivity contribution in [3.63, 3.8) is 0 Å². The third-order valence-corrected chi connectivity index (χ3v) is 4.34. The van der Waals surface area contributed by atoms with Crippen LogP contribution in [0.2, 0.25) is 0 Å². The van der Waals surface area contributed by atoms with Crippen molar-refractivity contribution in [2.45, 2.75) is 40.2 Å². The average molecular weight is 426 g/mol. The van der Waals surface area contributed by atoms with Gasteiger partial charge in [-0.3, -0.25) is 9.59 Å². The van der Waals surface area contributed by atoms with E-state index in [9.17, 15) is 9.59 Å². The van der Waals surface area contributed by atoms with Crippen molar-refractivity contribution >= 4 is 23.1 Å². The van der Waals surface area contributed by atoms with Crippen LogP contribution in [-0.4, -0.2) is 24.9 Å². The number of nitrogens with two attached hydrogens (primary N) is 2. The fourth-order valence-electron chi connectivity index (χ4n) is 3.07. The predicted octanol–water partition coefficient (Wildman–Crippen LogP) is 4.39. The molecule has 0 spiro atoms. The molecular formula is C24H31N3O4. The summed E-state index contributed by atoms with van der Waals surface area (Å²) >= 11 is 0. The summed E-state index contributed by atoms with van der Waals surface area (Å²) in [4.78, 5) is 24.7. The van der Waals surface area contributed by atoms with Gasteiger partial charge in [-0.05, 0) is 50.5 Å². The molecule has 31 heavy (non-hydrogen) atoms. The van der Waals surface area contributed by atoms with Crippen LogP contribution < -0.4 is 26.3 Å². The SMILES string of the molecule is COc1cc(N)ccc1C(=O)/C=C(/CC(C)C)Nc1ccc(C(N)=O)c(OC(C)C)c1. The standard InChI is InChI=1S/C24H31N3O4/c1-14(2)10-18(12-21(28)19-8-6-16(25)11-22(19)30-5)27-17-7-9-20(24(26)29)23(13-17)31-15(3)4/h6-9,11-15,27H,10,25H2,1-5H3,(H2,26,29)/b18-12-. The van der Waals surface area contributed by atoms with E-state index in [1.807, 2.05) is 13.8 Å². The van der Waals surface area contributed by atoms with Gasteiger partial charge in [0.1, 0.15) is 11.5 Å². The summed E-state index contributed by atoms with van der Waals surface area (Å²) in [5, 5.41) is 3.28. The number of carbonyl (C=O) groups is 2. The van der Waals surface area contributed by atoms with Gasteiger partial charge in [-0.25, -0.2) is 0 Å². The van der Waals surface area contributed by atoms with E-state index in [2.05, 4.69) is 19.2 Å². The highest BCUT2D eigenvalue weighted by Gasteiger charge is 2.15. The maximum absolute atomic E-state index is 13.0. The van der Waals surface area contributed by atoms with E-state index in [1.165, 1.54) is 7.11 Å². The number of hydrogen-bond donors (Lipinski definition) is 3. The number of rotatable bonds is 10. The van der Waals surface area contributed by atoms with E-state index in [-0.39, 0.29) is 11.9 Å². The topological polar surface area (TPSA) is 117 Å². The minimum atomic E-state index is -0.564. The molecule has 0 saturated heterocycles. The number of hydrogen-bond acceptors (Lipinski definition) is 6. The van der Waals surface area contributed by atoms with E-state index in [0.29, 0.717) is 46.3 Å². The van der Waals surface area contributed by atoms with Gasteiger partial charge in [-0.2, -0.15) is 0 Å². The lowest BCUT2D eigenvalue weighted by Gasteiger charge is -2.17. The van der Waals surface area contributed by atoms with Crippen LogP contribution in [0.5, 0.6) is 11.5 Å². The van der Waals surface area contributed by atoms with Crippen LogP contribution in [0.1, 0.15) is 54.8 Å². The number of methoxy groups -OCH3 is 1. The van der Waals surface area contributed by atoms with Crippen LogP contribution in [0.25, 0.3) is 0 Å². The Bertz CT molecular complexity index is 981. The van der Waals surface area contributed by atoms with Gasteiger partial charge in [-0.15, -0.1) is 0 Å². The van der Waals surface area contributed by atoms with Gasteiger partial charge in [0.2, 0.25) is 0 Å². The van der Waals surface area contributed by atoms with Crippen LogP contribution in [0.15, 0.2) is 48.2 Å². The van der Waals surface area contributed by atoms with Crippen molar-refractivity contribution in [2.75, 3.05) is 18.2 Å². The number of allylic oxidation sites excluding steroid dienone is 2. The summed E-state index contributed by atoms with van der Waals surface area (Å²) < 4.78 is 11.1. The van der Waals surface area contributed by atoms with E-state index in [4.69, 9.17) is 20.9 Å². The molecule has 0 aliphatic heterocycles. The Morgan fingerprint density at radius 2 is 1.71 bits per heavy atom. The van der Waals surface area contributed by atoms with E-state index >= 15 is 0 Å². The molecule has 0 heterocycles. The summed E-state index contributed by atoms with van der Waals surface area (Å²) in [5.41, 5.74) is 13.9. The highest BCUT2D eigenvalue weighted by Crippen LogP contribution is 2.27. The molecule has 0 bridgehead atoms. The number of nitrogen functional groups attached to an aromatic ring is 1. The Labute approximate surface area is 183 Å². The second kappa shape index (κ2) is 10.5. The zero-order valence-electron chi connectivity index (χ0n) is 18.7. The molecule has 0 saturated carbocycles. The first-order valence-electron chi connectivity index (χ1n) is 10.2. The van der Waals surface area contributed by atoms with Crippen molar-refractivity contribution in [3.8, 4) is 11.5 Å². The monoisotopic (exact) mass is 425 g/mol. The normalized spacial score (nSPS) is 11.5. The summed E-state index contributed by atoms with van der Waals surface area (Å²) in [6, 6.07) is 9.99. The molecule has 0 fully saturated rings. The van der Waals surface area contributed by atoms with Crippen molar-refractivity contribution in [1.82, 2.24) is 0 Å². The van der Waals surface area contributed by atoms with Gasteiger partial charge in [0.05, 0.1) is 24.3 Å². The van der Waals surface area contributed by atoms with Gasteiger partial charge < -0.3 is 26.3 Å². The lowest BCUT2D eigenvalue weighted by atomic mass is 10.0. The molecule has 0 unspecified atom stereocenters. The largest absolute Gasteiger partial charge is 0.496 e. The van der Waals surface area contributed by atoms with Crippen molar-refractivity contribution in [2.24, 2.45) is 11.7 Å². The second-order valence-corrected chi connectivity index (χ2v) is 7.96. The first-order valence-corrected chi connectivity index (χ1v) is 10.2. The molecule has 1 amide bonds. The summed E-state index contributed by atoms with van der Waals surface area (Å²) in [7, 11) is 1.50. The van der Waals surface area contributed by atoms with Crippen LogP contribution >= 0.6 is 0 Å². The lowest BCUT2D eigenvalue weighted by Crippen LogP contribution is -2.16. The first-order chi connectivity index (χ1) is 14.6. The number of ketones is 1. The van der Waals surface area contributed by atoms with Crippen molar-refractivity contribution < 1.29 is 19.1 Å². The molecule has 0 aliphatic carbocycles. The number of nitrogens with one attached hydrogen (secondary N) is 1. The van der Waals surface area contributed by atoms with Crippen LogP contribution in [-0.2, 0) is 0 Å². The molecule has 5 N–H and O–H groups in total. The number of benzene rings is 2. The number of amides is 1. The summed E-state index contributed by atoms with van der Waals surface area (Å²) in [6.45, 7) is 7.86. The Kier molecular flexibility index (Phi) is 8.07. The Balaban J connectivity index is 2.39. The van der Waals surface area contributed by atoms with Gasteiger partial charge in [-0.1, -0.05) is 13.8 Å². The quantitative estimate of drug-likeness (QED) is 0.295. The molecule has 0 aliphatic rings. The molecule has 2 aromatic rings. The van der Waals surface area contributed by atoms with Gasteiger partial charge in [0.25, 0.3) is 5.91 Å². The third-order valence-electron chi connectivity index (χ3n) is 4.34. The fraction of sp³-hybridized carbons (Fsp3) is 0.333. The molecule has 0 aromatic heterocycles. The van der Waals surface area contributed by atoms with Crippen LogP contribution in [0.3, 0.4) is 0 Å². The maximum atomic E-state index is 13.0. The van der Waals surface area contributed by atoms with E-state index in [1.54, 1.807) is 42.5 Å². The number of carbonyl (C=O) groups excluding carboxylic acids is 2. The highest BCUT2D eigenvalue weighted by molar-refractivity contribution is 6.07. The molecule has 0 radical (unpaired) electrons. The fourth-order valence-corrected chi connectivity index (χ4v) is 3.07. The third kappa shape index (κ3) is 6.77. The summed E-state index contributed by atoms with van der Waals surface area (Å²) in [5.74, 6) is 0.348. The highest BCUT2D eigenvalue weighted by atomic mass is 16.5. The van der Waals surface area contributed by atoms with Gasteiger partial charge >= 0.3 is 0 Å². The van der Waals surface area contributed by atoms with Crippen molar-refractivity contribution in [3.05, 3.63) is 59.3 Å². The molecule has 7 heteroatoms. The second-order valence-electron chi connectivity index (χ2n) is 7.96. The zero-order chi connectivity index (χ0) is 23.1. The molecule has 2 rings (SSSR count). The van der Waals surface area contributed by atoms with Crippen LogP contribution in [0.4, 0.5) is 11.4 Å². The van der Waals surface area contributed by atoms with Gasteiger partial charge in [0.15, 0.2) is 5.78 Å². The first kappa shape index (κ1) is 23.8. The average Bonchev–Trinajstić information content (AvgIpc) is 2.66. The minimum Gasteiger partial charge on any atom is -0.496 e. The minimum absolute atomic E-state index is 0.126. The van der Waals surface area contributed by atoms with Crippen molar-refractivity contribution in [1.29, 1.82) is 0 Å². The Hall–Kier alpha value is -3.48. The maximum Gasteiger partial charge on any atom is 0.252 e. The van der Waals surface area contributed by atoms with Crippen LogP contribution in [0, 0.1) is 5.92 Å². The number of anilines is 2. The van der Waals surface area contributed by atoms with Gasteiger partial charge in [0, 0.05) is 35.3 Å². The predicted molar refractivity (Wildman–Crippen MR) is 124 cm³/mol. The molecular weight excluding hydrogens is 394 g/mol. The molecule has 166 valence electrons. The summed E-state index contributed by atoms with van der Waals surface area (Å²) in [6.07, 6.45) is 2.07. The lowest BCUT2D eigenvalue weighted by molar-refractivity contribution is 0.0993. The van der Waals surface area contributed by atoms with E-state index < -0.39 is 5.91 Å². The number of ether oxygens (including phenoxy) is 2. The Morgan fingerprint density at radius 3 is 2.29 bits per heavy atom. The smallest absolute Gasteiger partial charge is 0.252 e.